The molecule has 4 saturated carbocycles. The van der Waals surface area contributed by atoms with Crippen LogP contribution in [0.5, 0.6) is 0 Å². The Kier molecular flexibility index (Phi) is 4.31. The van der Waals surface area contributed by atoms with Gasteiger partial charge in [-0.15, -0.1) is 0 Å². The molecule has 5 nitrogen and oxygen atoms in total. The summed E-state index contributed by atoms with van der Waals surface area (Å²) in [7, 11) is 0. The molecule has 2 aliphatic heterocycles. The standard InChI is InChI=1S/C24H38N2O3/c1-23-8-3-4-16(23)14-5-6-17-15-13-29-22-11-25-21(28)12-26(22)20(10-19(15)27)24(17,2)18(14)7-9-23/h14-18,20-22,25,28H,3-13H2,1-2H3/t14?,15?,16?,17?,18?,20?,21-,22+,23-,24-/m0/s1. The molecule has 6 aliphatic rings. The molecule has 0 aromatic heterocycles. The van der Waals surface area contributed by atoms with E-state index in [2.05, 4.69) is 24.1 Å². The summed E-state index contributed by atoms with van der Waals surface area (Å²) in [5, 5.41) is 13.6. The highest BCUT2D eigenvalue weighted by Gasteiger charge is 2.65. The number of aliphatic hydroxyl groups is 1. The number of hydrogen-bond acceptors (Lipinski definition) is 5. The van der Waals surface area contributed by atoms with Crippen molar-refractivity contribution in [2.45, 2.75) is 83.7 Å². The molecule has 162 valence electrons. The second-order valence-electron chi connectivity index (χ2n) is 11.7. The van der Waals surface area contributed by atoms with Crippen molar-refractivity contribution in [1.82, 2.24) is 10.2 Å². The number of carbonyl (C=O) groups is 1. The van der Waals surface area contributed by atoms with Crippen molar-refractivity contribution in [2.75, 3.05) is 19.7 Å². The molecule has 0 aromatic rings. The van der Waals surface area contributed by atoms with Crippen LogP contribution in [0.15, 0.2) is 0 Å². The number of nitrogens with zero attached hydrogens (tertiary/aromatic N) is 1. The van der Waals surface area contributed by atoms with Gasteiger partial charge in [-0.25, -0.2) is 0 Å². The van der Waals surface area contributed by atoms with Crippen LogP contribution >= 0.6 is 0 Å². The van der Waals surface area contributed by atoms with Crippen LogP contribution in [0.25, 0.3) is 0 Å². The zero-order chi connectivity index (χ0) is 20.0. The first-order chi connectivity index (χ1) is 13.9. The summed E-state index contributed by atoms with van der Waals surface area (Å²) in [5.74, 6) is 3.41. The van der Waals surface area contributed by atoms with E-state index in [4.69, 9.17) is 4.74 Å². The number of rotatable bonds is 0. The van der Waals surface area contributed by atoms with Crippen molar-refractivity contribution in [3.05, 3.63) is 0 Å². The molecule has 4 aliphatic carbocycles. The fraction of sp³-hybridized carbons (Fsp3) is 0.958. The number of fused-ring (bicyclic) bond motifs is 5. The maximum absolute atomic E-state index is 13.2. The van der Waals surface area contributed by atoms with E-state index < -0.39 is 6.23 Å². The summed E-state index contributed by atoms with van der Waals surface area (Å²) in [6, 6.07) is 0.219. The van der Waals surface area contributed by atoms with E-state index >= 15 is 0 Å². The van der Waals surface area contributed by atoms with Crippen LogP contribution < -0.4 is 5.32 Å². The third-order valence-corrected chi connectivity index (χ3v) is 10.8. The van der Waals surface area contributed by atoms with Gasteiger partial charge >= 0.3 is 0 Å². The van der Waals surface area contributed by atoms with Gasteiger partial charge in [0.05, 0.1) is 6.61 Å². The molecule has 0 spiro atoms. The van der Waals surface area contributed by atoms with Crippen molar-refractivity contribution < 1.29 is 14.6 Å². The van der Waals surface area contributed by atoms with Crippen molar-refractivity contribution in [3.63, 3.8) is 0 Å². The van der Waals surface area contributed by atoms with Crippen LogP contribution in [-0.2, 0) is 9.53 Å². The molecule has 0 amide bonds. The number of piperazine rings is 1. The molecule has 2 bridgehead atoms. The lowest BCUT2D eigenvalue weighted by Crippen LogP contribution is -2.72. The first-order valence-corrected chi connectivity index (χ1v) is 12.2. The lowest BCUT2D eigenvalue weighted by molar-refractivity contribution is -0.232. The van der Waals surface area contributed by atoms with Gasteiger partial charge in [0, 0.05) is 31.5 Å². The number of Topliss-reactive ketones (excluding diaryl/α,β-unsaturated/α-hetero) is 1. The number of carbonyl (C=O) groups excluding carboxylic acids is 1. The molecule has 2 N–H and O–H groups in total. The van der Waals surface area contributed by atoms with Crippen LogP contribution in [0.4, 0.5) is 0 Å². The predicted octanol–water partition coefficient (Wildman–Crippen LogP) is 2.77. The fourth-order valence-electron chi connectivity index (χ4n) is 9.45. The largest absolute Gasteiger partial charge is 0.377 e. The van der Waals surface area contributed by atoms with Gasteiger partial charge in [-0.3, -0.25) is 15.0 Å². The molecule has 6 fully saturated rings. The smallest absolute Gasteiger partial charge is 0.140 e. The summed E-state index contributed by atoms with van der Waals surface area (Å²) in [6.07, 6.45) is 9.61. The van der Waals surface area contributed by atoms with E-state index in [1.165, 1.54) is 44.9 Å². The lowest BCUT2D eigenvalue weighted by Gasteiger charge is -2.66. The zero-order valence-corrected chi connectivity index (χ0v) is 18.1. The normalized spacial score (nSPS) is 57.3. The van der Waals surface area contributed by atoms with E-state index in [0.29, 0.717) is 43.2 Å². The Morgan fingerprint density at radius 1 is 1.10 bits per heavy atom. The maximum atomic E-state index is 13.2. The molecule has 29 heavy (non-hydrogen) atoms. The Morgan fingerprint density at radius 2 is 1.97 bits per heavy atom. The molecule has 2 heterocycles. The number of ketones is 1. The van der Waals surface area contributed by atoms with Crippen LogP contribution in [0.1, 0.15) is 65.2 Å². The first kappa shape index (κ1) is 19.2. The number of aliphatic hydroxyl groups excluding tert-OH is 1. The predicted molar refractivity (Wildman–Crippen MR) is 110 cm³/mol. The monoisotopic (exact) mass is 402 g/mol. The minimum Gasteiger partial charge on any atom is -0.377 e. The van der Waals surface area contributed by atoms with Gasteiger partial charge in [-0.1, -0.05) is 20.3 Å². The van der Waals surface area contributed by atoms with Gasteiger partial charge < -0.3 is 9.84 Å². The van der Waals surface area contributed by atoms with Gasteiger partial charge in [0.2, 0.25) is 0 Å². The van der Waals surface area contributed by atoms with E-state index in [-0.39, 0.29) is 23.6 Å². The van der Waals surface area contributed by atoms with Crippen LogP contribution in [0.2, 0.25) is 0 Å². The Balaban J connectivity index is 1.41. The van der Waals surface area contributed by atoms with Gasteiger partial charge in [0.25, 0.3) is 0 Å². The molecule has 0 radical (unpaired) electrons. The van der Waals surface area contributed by atoms with Crippen molar-refractivity contribution >= 4 is 5.78 Å². The summed E-state index contributed by atoms with van der Waals surface area (Å²) in [6.45, 7) is 6.93. The third kappa shape index (κ3) is 2.57. The average molecular weight is 403 g/mol. The second-order valence-corrected chi connectivity index (χ2v) is 11.7. The summed E-state index contributed by atoms with van der Waals surface area (Å²) in [5.41, 5.74) is 0.738. The Bertz CT molecular complexity index is 700. The van der Waals surface area contributed by atoms with E-state index in [1.807, 2.05) is 0 Å². The van der Waals surface area contributed by atoms with Crippen molar-refractivity contribution in [3.8, 4) is 0 Å². The summed E-state index contributed by atoms with van der Waals surface area (Å²) in [4.78, 5) is 15.6. The van der Waals surface area contributed by atoms with Gasteiger partial charge in [0.15, 0.2) is 0 Å². The zero-order valence-electron chi connectivity index (χ0n) is 18.1. The minimum atomic E-state index is -0.520. The lowest BCUT2D eigenvalue weighted by atomic mass is 9.42. The molecule has 2 saturated heterocycles. The van der Waals surface area contributed by atoms with E-state index in [1.54, 1.807) is 0 Å². The first-order valence-electron chi connectivity index (χ1n) is 12.2. The van der Waals surface area contributed by atoms with E-state index in [0.717, 1.165) is 17.8 Å². The SMILES string of the molecule is C[C@@]12CCCC1C1CCC3C4CO[C@@H]5CN[C@@H](O)CN5C(CC4=O)[C@]3(C)C1CC2. The average Bonchev–Trinajstić information content (AvgIpc) is 3.08. The van der Waals surface area contributed by atoms with Crippen LogP contribution in [-0.4, -0.2) is 54.0 Å². The fourth-order valence-corrected chi connectivity index (χ4v) is 9.45. The number of ether oxygens (including phenoxy) is 1. The minimum absolute atomic E-state index is 0.00233. The van der Waals surface area contributed by atoms with E-state index in [9.17, 15) is 9.90 Å². The van der Waals surface area contributed by atoms with Gasteiger partial charge in [-0.2, -0.15) is 0 Å². The van der Waals surface area contributed by atoms with Gasteiger partial charge in [-0.05, 0) is 73.0 Å². The Hall–Kier alpha value is -0.490. The summed E-state index contributed by atoms with van der Waals surface area (Å²) < 4.78 is 6.29. The molecule has 6 unspecified atom stereocenters. The molecular formula is C24H38N2O3. The van der Waals surface area contributed by atoms with Crippen molar-refractivity contribution in [2.24, 2.45) is 40.4 Å². The quantitative estimate of drug-likeness (QED) is 0.652. The highest BCUT2D eigenvalue weighted by Crippen LogP contribution is 2.67. The second kappa shape index (κ2) is 6.51. The molecule has 10 atom stereocenters. The highest BCUT2D eigenvalue weighted by molar-refractivity contribution is 5.83. The molecular weight excluding hydrogens is 364 g/mol. The Labute approximate surface area is 174 Å². The van der Waals surface area contributed by atoms with Crippen molar-refractivity contribution in [1.29, 1.82) is 0 Å². The van der Waals surface area contributed by atoms with Crippen LogP contribution in [0.3, 0.4) is 0 Å². The van der Waals surface area contributed by atoms with Crippen LogP contribution in [0, 0.1) is 40.4 Å². The molecule has 5 heteroatoms. The topological polar surface area (TPSA) is 61.8 Å². The van der Waals surface area contributed by atoms with Gasteiger partial charge in [0.1, 0.15) is 18.2 Å². The maximum Gasteiger partial charge on any atom is 0.140 e. The third-order valence-electron chi connectivity index (χ3n) is 10.8. The summed E-state index contributed by atoms with van der Waals surface area (Å²) >= 11 is 0. The molecule has 0 aromatic carbocycles. The highest BCUT2D eigenvalue weighted by atomic mass is 16.5. The number of nitrogens with one attached hydrogen (secondary N) is 1. The number of hydrogen-bond donors (Lipinski definition) is 2. The molecule has 6 rings (SSSR count). The Morgan fingerprint density at radius 3 is 2.83 bits per heavy atom.